The second-order valence-electron chi connectivity index (χ2n) is 4.94. The second kappa shape index (κ2) is 9.34. The molecule has 0 saturated carbocycles. The molecule has 0 aromatic carbocycles. The summed E-state index contributed by atoms with van der Waals surface area (Å²) in [7, 11) is 0. The lowest BCUT2D eigenvalue weighted by Gasteiger charge is -2.17. The van der Waals surface area contributed by atoms with Crippen LogP contribution in [0.4, 0.5) is 0 Å². The zero-order chi connectivity index (χ0) is 15.7. The van der Waals surface area contributed by atoms with E-state index < -0.39 is 5.97 Å². The van der Waals surface area contributed by atoms with Gasteiger partial charge in [-0.15, -0.1) is 0 Å². The molecule has 0 atom stereocenters. The fourth-order valence-electron chi connectivity index (χ4n) is 2.00. The summed E-state index contributed by atoms with van der Waals surface area (Å²) < 4.78 is 5.11. The Morgan fingerprint density at radius 2 is 1.95 bits per heavy atom. The SMILES string of the molecule is CCCCCCON/C(CC)=C1/C(=O)C=C(CC)OC1=O. The van der Waals surface area contributed by atoms with E-state index in [1.165, 1.54) is 18.9 Å². The molecular formula is C16H25NO4. The summed E-state index contributed by atoms with van der Waals surface area (Å²) in [6.45, 7) is 6.39. The molecule has 5 heteroatoms. The minimum atomic E-state index is -0.599. The van der Waals surface area contributed by atoms with Gasteiger partial charge in [0.2, 0.25) is 0 Å². The summed E-state index contributed by atoms with van der Waals surface area (Å²) >= 11 is 0. The zero-order valence-corrected chi connectivity index (χ0v) is 13.2. The smallest absolute Gasteiger partial charge is 0.349 e. The Labute approximate surface area is 126 Å². The number of cyclic esters (lactones) is 1. The maximum atomic E-state index is 12.0. The van der Waals surface area contributed by atoms with Crippen LogP contribution >= 0.6 is 0 Å². The molecular weight excluding hydrogens is 270 g/mol. The van der Waals surface area contributed by atoms with E-state index >= 15 is 0 Å². The average Bonchev–Trinajstić information content (AvgIpc) is 2.47. The van der Waals surface area contributed by atoms with E-state index in [1.54, 1.807) is 0 Å². The lowest BCUT2D eigenvalue weighted by atomic mass is 10.0. The first kappa shape index (κ1) is 17.4. The number of hydrogen-bond donors (Lipinski definition) is 1. The normalized spacial score (nSPS) is 17.4. The number of carbonyl (C=O) groups is 2. The molecule has 0 fully saturated rings. The van der Waals surface area contributed by atoms with Crippen LogP contribution in [-0.4, -0.2) is 18.4 Å². The highest BCUT2D eigenvalue weighted by atomic mass is 16.6. The molecule has 21 heavy (non-hydrogen) atoms. The topological polar surface area (TPSA) is 64.6 Å². The fourth-order valence-corrected chi connectivity index (χ4v) is 2.00. The minimum absolute atomic E-state index is 0.0447. The van der Waals surface area contributed by atoms with Gasteiger partial charge in [0, 0.05) is 12.5 Å². The largest absolute Gasteiger partial charge is 0.427 e. The van der Waals surface area contributed by atoms with Crippen LogP contribution in [0.2, 0.25) is 0 Å². The van der Waals surface area contributed by atoms with E-state index in [0.29, 0.717) is 30.9 Å². The Balaban J connectivity index is 2.62. The van der Waals surface area contributed by atoms with E-state index in [4.69, 9.17) is 9.57 Å². The summed E-state index contributed by atoms with van der Waals surface area (Å²) in [4.78, 5) is 29.3. The second-order valence-corrected chi connectivity index (χ2v) is 4.94. The van der Waals surface area contributed by atoms with Crippen molar-refractivity contribution < 1.29 is 19.2 Å². The van der Waals surface area contributed by atoms with Crippen LogP contribution in [0.15, 0.2) is 23.1 Å². The first-order valence-corrected chi connectivity index (χ1v) is 7.72. The Hall–Kier alpha value is -1.62. The quantitative estimate of drug-likeness (QED) is 0.233. The number of ether oxygens (including phenoxy) is 1. The Kier molecular flexibility index (Phi) is 7.75. The molecule has 1 N–H and O–H groups in total. The maximum absolute atomic E-state index is 12.0. The van der Waals surface area contributed by atoms with Gasteiger partial charge in [-0.25, -0.2) is 4.79 Å². The van der Waals surface area contributed by atoms with Crippen molar-refractivity contribution in [1.29, 1.82) is 0 Å². The van der Waals surface area contributed by atoms with Gasteiger partial charge in [0.15, 0.2) is 5.78 Å². The molecule has 1 aliphatic heterocycles. The van der Waals surface area contributed by atoms with Crippen molar-refractivity contribution in [1.82, 2.24) is 5.48 Å². The third-order valence-electron chi connectivity index (χ3n) is 3.27. The van der Waals surface area contributed by atoms with Crippen molar-refractivity contribution in [2.24, 2.45) is 0 Å². The molecule has 0 unspecified atom stereocenters. The lowest BCUT2D eigenvalue weighted by Crippen LogP contribution is -2.27. The van der Waals surface area contributed by atoms with Crippen LogP contribution in [0.1, 0.15) is 59.3 Å². The fraction of sp³-hybridized carbons (Fsp3) is 0.625. The van der Waals surface area contributed by atoms with Gasteiger partial charge in [0.1, 0.15) is 11.3 Å². The van der Waals surface area contributed by atoms with Crippen molar-refractivity contribution in [3.8, 4) is 0 Å². The van der Waals surface area contributed by atoms with Gasteiger partial charge < -0.3 is 4.74 Å². The third-order valence-corrected chi connectivity index (χ3v) is 3.27. The molecule has 1 rings (SSSR count). The standard InChI is InChI=1S/C16H25NO4/c1-4-7-8-9-10-20-17-13(6-3)15-14(18)11-12(5-2)21-16(15)19/h11,17H,4-10H2,1-3H3/b15-13-. The highest BCUT2D eigenvalue weighted by Gasteiger charge is 2.28. The summed E-state index contributed by atoms with van der Waals surface area (Å²) in [6.07, 6.45) is 6.80. The highest BCUT2D eigenvalue weighted by molar-refractivity contribution is 6.24. The highest BCUT2D eigenvalue weighted by Crippen LogP contribution is 2.20. The van der Waals surface area contributed by atoms with E-state index in [1.807, 2.05) is 13.8 Å². The molecule has 0 aromatic rings. The zero-order valence-electron chi connectivity index (χ0n) is 13.2. The van der Waals surface area contributed by atoms with E-state index in [0.717, 1.165) is 12.8 Å². The summed E-state index contributed by atoms with van der Waals surface area (Å²) in [6, 6.07) is 0. The van der Waals surface area contributed by atoms with E-state index in [9.17, 15) is 9.59 Å². The minimum Gasteiger partial charge on any atom is -0.427 e. The molecule has 1 aliphatic rings. The van der Waals surface area contributed by atoms with E-state index in [2.05, 4.69) is 12.4 Å². The monoisotopic (exact) mass is 295 g/mol. The lowest BCUT2D eigenvalue weighted by molar-refractivity contribution is -0.138. The molecule has 118 valence electrons. The molecule has 5 nitrogen and oxygen atoms in total. The summed E-state index contributed by atoms with van der Waals surface area (Å²) in [5.74, 6) is -0.509. The first-order chi connectivity index (χ1) is 10.1. The molecule has 0 bridgehead atoms. The number of ketones is 1. The Bertz CT molecular complexity index is 438. The molecule has 0 amide bonds. The van der Waals surface area contributed by atoms with Gasteiger partial charge >= 0.3 is 5.97 Å². The van der Waals surface area contributed by atoms with Gasteiger partial charge in [-0.1, -0.05) is 40.0 Å². The third kappa shape index (κ3) is 5.34. The van der Waals surface area contributed by atoms with Crippen molar-refractivity contribution in [3.05, 3.63) is 23.1 Å². The summed E-state index contributed by atoms with van der Waals surface area (Å²) in [5.41, 5.74) is 3.26. The van der Waals surface area contributed by atoms with Crippen molar-refractivity contribution in [3.63, 3.8) is 0 Å². The van der Waals surface area contributed by atoms with Gasteiger partial charge in [-0.2, -0.15) is 0 Å². The van der Waals surface area contributed by atoms with Crippen LogP contribution in [0, 0.1) is 0 Å². The van der Waals surface area contributed by atoms with Crippen LogP contribution in [-0.2, 0) is 19.2 Å². The van der Waals surface area contributed by atoms with Crippen LogP contribution < -0.4 is 5.48 Å². The van der Waals surface area contributed by atoms with Gasteiger partial charge in [-0.05, 0) is 12.8 Å². The van der Waals surface area contributed by atoms with Crippen molar-refractivity contribution >= 4 is 11.8 Å². The number of hydroxylamine groups is 1. The predicted octanol–water partition coefficient (Wildman–Crippen LogP) is 3.17. The van der Waals surface area contributed by atoms with Crippen LogP contribution in [0.3, 0.4) is 0 Å². The van der Waals surface area contributed by atoms with Crippen molar-refractivity contribution in [2.75, 3.05) is 6.61 Å². The molecule has 0 radical (unpaired) electrons. The summed E-state index contributed by atoms with van der Waals surface area (Å²) in [5, 5.41) is 0. The number of hydrogen-bond acceptors (Lipinski definition) is 5. The molecule has 0 spiro atoms. The average molecular weight is 295 g/mol. The van der Waals surface area contributed by atoms with Gasteiger partial charge in [0.05, 0.1) is 12.3 Å². The predicted molar refractivity (Wildman–Crippen MR) is 80.0 cm³/mol. The number of rotatable bonds is 9. The molecule has 0 saturated heterocycles. The Morgan fingerprint density at radius 3 is 2.52 bits per heavy atom. The number of allylic oxidation sites excluding steroid dienone is 3. The first-order valence-electron chi connectivity index (χ1n) is 7.72. The molecule has 1 heterocycles. The number of esters is 1. The molecule has 0 aliphatic carbocycles. The number of carbonyl (C=O) groups excluding carboxylic acids is 2. The van der Waals surface area contributed by atoms with Crippen LogP contribution in [0.25, 0.3) is 0 Å². The van der Waals surface area contributed by atoms with Crippen LogP contribution in [0.5, 0.6) is 0 Å². The number of nitrogens with one attached hydrogen (secondary N) is 1. The maximum Gasteiger partial charge on any atom is 0.349 e. The van der Waals surface area contributed by atoms with Gasteiger partial charge in [-0.3, -0.25) is 15.1 Å². The Morgan fingerprint density at radius 1 is 1.19 bits per heavy atom. The van der Waals surface area contributed by atoms with E-state index in [-0.39, 0.29) is 11.4 Å². The number of unbranched alkanes of at least 4 members (excludes halogenated alkanes) is 3. The van der Waals surface area contributed by atoms with Crippen molar-refractivity contribution in [2.45, 2.75) is 59.3 Å². The van der Waals surface area contributed by atoms with Gasteiger partial charge in [0.25, 0.3) is 0 Å². The molecule has 0 aromatic heterocycles.